The zero-order valence-electron chi connectivity index (χ0n) is 8.48. The number of aromatic carboxylic acids is 1. The van der Waals surface area contributed by atoms with Gasteiger partial charge in [0.2, 0.25) is 0 Å². The Hall–Kier alpha value is -1.11. The van der Waals surface area contributed by atoms with E-state index in [1.165, 1.54) is 12.1 Å². The lowest BCUT2D eigenvalue weighted by atomic mass is 10.1. The van der Waals surface area contributed by atoms with Crippen LogP contribution in [0.3, 0.4) is 0 Å². The van der Waals surface area contributed by atoms with Gasteiger partial charge >= 0.3 is 11.9 Å². The minimum absolute atomic E-state index is 0.0260. The first-order valence-corrected chi connectivity index (χ1v) is 6.24. The molecule has 0 aliphatic carbocycles. The summed E-state index contributed by atoms with van der Waals surface area (Å²) in [5, 5.41) is 8.88. The number of carboxylic acid groups (broad SMARTS) is 1. The standard InChI is InChI=1S/C11H11IO4/c12-6-3-7-16-11(15)9-5-2-1-4-8(9)10(13)14/h1-2,4-5H,3,6-7H2,(H,13,14). The molecule has 4 nitrogen and oxygen atoms in total. The molecule has 0 bridgehead atoms. The van der Waals surface area contributed by atoms with Crippen molar-refractivity contribution in [2.24, 2.45) is 0 Å². The third-order valence-corrected chi connectivity index (χ3v) is 2.65. The predicted octanol–water partition coefficient (Wildman–Crippen LogP) is 2.37. The Morgan fingerprint density at radius 1 is 1.25 bits per heavy atom. The van der Waals surface area contributed by atoms with Gasteiger partial charge in [-0.1, -0.05) is 34.7 Å². The molecule has 0 radical (unpaired) electrons. The summed E-state index contributed by atoms with van der Waals surface area (Å²) in [6.45, 7) is 0.315. The lowest BCUT2D eigenvalue weighted by Crippen LogP contribution is -2.12. The molecule has 0 heterocycles. The van der Waals surface area contributed by atoms with Crippen LogP contribution in [0.2, 0.25) is 0 Å². The Morgan fingerprint density at radius 3 is 2.44 bits per heavy atom. The van der Waals surface area contributed by atoms with Crippen molar-refractivity contribution in [1.29, 1.82) is 0 Å². The normalized spacial score (nSPS) is 9.81. The summed E-state index contributed by atoms with van der Waals surface area (Å²) >= 11 is 2.18. The number of hydrogen-bond donors (Lipinski definition) is 1. The van der Waals surface area contributed by atoms with E-state index in [1.807, 2.05) is 0 Å². The molecule has 1 aromatic carbocycles. The van der Waals surface area contributed by atoms with Crippen molar-refractivity contribution in [1.82, 2.24) is 0 Å². The van der Waals surface area contributed by atoms with Gasteiger partial charge in [0, 0.05) is 4.43 Å². The van der Waals surface area contributed by atoms with Crippen LogP contribution >= 0.6 is 22.6 Å². The molecule has 0 atom stereocenters. The lowest BCUT2D eigenvalue weighted by molar-refractivity contribution is 0.0496. The molecule has 0 amide bonds. The highest BCUT2D eigenvalue weighted by Crippen LogP contribution is 2.10. The van der Waals surface area contributed by atoms with Crippen LogP contribution in [-0.4, -0.2) is 28.1 Å². The maximum Gasteiger partial charge on any atom is 0.339 e. The topological polar surface area (TPSA) is 63.6 Å². The number of alkyl halides is 1. The van der Waals surface area contributed by atoms with Crippen LogP contribution < -0.4 is 0 Å². The zero-order valence-corrected chi connectivity index (χ0v) is 10.6. The summed E-state index contributed by atoms with van der Waals surface area (Å²) in [4.78, 5) is 22.4. The quantitative estimate of drug-likeness (QED) is 0.389. The molecular weight excluding hydrogens is 323 g/mol. The van der Waals surface area contributed by atoms with E-state index in [1.54, 1.807) is 12.1 Å². The zero-order chi connectivity index (χ0) is 12.0. The fourth-order valence-corrected chi connectivity index (χ4v) is 1.46. The SMILES string of the molecule is O=C(O)c1ccccc1C(=O)OCCCI. The number of hydrogen-bond acceptors (Lipinski definition) is 3. The van der Waals surface area contributed by atoms with E-state index in [0.29, 0.717) is 6.61 Å². The molecule has 0 spiro atoms. The van der Waals surface area contributed by atoms with E-state index in [4.69, 9.17) is 9.84 Å². The maximum atomic E-state index is 11.6. The first kappa shape index (κ1) is 13.0. The molecule has 0 aromatic heterocycles. The average molecular weight is 334 g/mol. The molecule has 0 aliphatic heterocycles. The van der Waals surface area contributed by atoms with Crippen molar-refractivity contribution in [2.75, 3.05) is 11.0 Å². The van der Waals surface area contributed by atoms with Gasteiger partial charge in [0.25, 0.3) is 0 Å². The van der Waals surface area contributed by atoms with Crippen LogP contribution in [0.25, 0.3) is 0 Å². The van der Waals surface area contributed by atoms with E-state index in [2.05, 4.69) is 22.6 Å². The number of halogens is 1. The van der Waals surface area contributed by atoms with Crippen molar-refractivity contribution >= 4 is 34.5 Å². The van der Waals surface area contributed by atoms with Gasteiger partial charge in [0.05, 0.1) is 17.7 Å². The summed E-state index contributed by atoms with van der Waals surface area (Å²) in [6, 6.07) is 6.03. The summed E-state index contributed by atoms with van der Waals surface area (Å²) in [7, 11) is 0. The van der Waals surface area contributed by atoms with Crippen LogP contribution in [0.4, 0.5) is 0 Å². The lowest BCUT2D eigenvalue weighted by Gasteiger charge is -2.05. The molecule has 0 saturated carbocycles. The highest BCUT2D eigenvalue weighted by atomic mass is 127. The third-order valence-electron chi connectivity index (χ3n) is 1.89. The van der Waals surface area contributed by atoms with Crippen molar-refractivity contribution in [2.45, 2.75) is 6.42 Å². The molecule has 1 aromatic rings. The maximum absolute atomic E-state index is 11.6. The summed E-state index contributed by atoms with van der Waals surface area (Å²) < 4.78 is 5.85. The Labute approximate surface area is 107 Å². The van der Waals surface area contributed by atoms with E-state index in [9.17, 15) is 9.59 Å². The summed E-state index contributed by atoms with van der Waals surface area (Å²) in [6.07, 6.45) is 0.765. The molecule has 16 heavy (non-hydrogen) atoms. The average Bonchev–Trinajstić information content (AvgIpc) is 2.29. The molecule has 0 unspecified atom stereocenters. The van der Waals surface area contributed by atoms with Crippen LogP contribution in [0.15, 0.2) is 24.3 Å². The van der Waals surface area contributed by atoms with E-state index in [-0.39, 0.29) is 11.1 Å². The van der Waals surface area contributed by atoms with Gasteiger partial charge < -0.3 is 9.84 Å². The van der Waals surface area contributed by atoms with Gasteiger partial charge in [0.1, 0.15) is 0 Å². The Balaban J connectivity index is 2.78. The van der Waals surface area contributed by atoms with Crippen LogP contribution in [-0.2, 0) is 4.74 Å². The number of benzene rings is 1. The minimum Gasteiger partial charge on any atom is -0.478 e. The second kappa shape index (κ2) is 6.47. The number of ether oxygens (including phenoxy) is 1. The van der Waals surface area contributed by atoms with Crippen molar-refractivity contribution in [3.05, 3.63) is 35.4 Å². The van der Waals surface area contributed by atoms with Gasteiger partial charge in [0.15, 0.2) is 0 Å². The van der Waals surface area contributed by atoms with Crippen LogP contribution in [0.1, 0.15) is 27.1 Å². The van der Waals surface area contributed by atoms with E-state index in [0.717, 1.165) is 10.8 Å². The Morgan fingerprint density at radius 2 is 1.88 bits per heavy atom. The van der Waals surface area contributed by atoms with Crippen LogP contribution in [0, 0.1) is 0 Å². The number of carbonyl (C=O) groups excluding carboxylic acids is 1. The molecule has 1 rings (SSSR count). The van der Waals surface area contributed by atoms with Crippen molar-refractivity contribution in [3.63, 3.8) is 0 Å². The number of esters is 1. The molecule has 86 valence electrons. The Kier molecular flexibility index (Phi) is 5.24. The van der Waals surface area contributed by atoms with Gasteiger partial charge in [-0.3, -0.25) is 0 Å². The van der Waals surface area contributed by atoms with Crippen molar-refractivity contribution in [3.8, 4) is 0 Å². The fraction of sp³-hybridized carbons (Fsp3) is 0.273. The van der Waals surface area contributed by atoms with Gasteiger partial charge in [-0.15, -0.1) is 0 Å². The third kappa shape index (κ3) is 3.48. The summed E-state index contributed by atoms with van der Waals surface area (Å²) in [5.74, 6) is -1.70. The first-order valence-electron chi connectivity index (χ1n) is 4.72. The van der Waals surface area contributed by atoms with Gasteiger partial charge in [-0.05, 0) is 18.6 Å². The molecular formula is C11H11IO4. The van der Waals surface area contributed by atoms with Gasteiger partial charge in [-0.2, -0.15) is 0 Å². The highest BCUT2D eigenvalue weighted by molar-refractivity contribution is 14.1. The van der Waals surface area contributed by atoms with E-state index < -0.39 is 11.9 Å². The second-order valence-corrected chi connectivity index (χ2v) is 4.11. The molecule has 1 N–H and O–H groups in total. The van der Waals surface area contributed by atoms with E-state index >= 15 is 0 Å². The van der Waals surface area contributed by atoms with Crippen molar-refractivity contribution < 1.29 is 19.4 Å². The molecule has 0 saturated heterocycles. The smallest absolute Gasteiger partial charge is 0.339 e. The van der Waals surface area contributed by atoms with Crippen LogP contribution in [0.5, 0.6) is 0 Å². The summed E-state index contributed by atoms with van der Waals surface area (Å²) in [5.41, 5.74) is 0.0745. The fourth-order valence-electron chi connectivity index (χ4n) is 1.14. The number of rotatable bonds is 5. The molecule has 0 fully saturated rings. The molecule has 0 aliphatic rings. The monoisotopic (exact) mass is 334 g/mol. The van der Waals surface area contributed by atoms with Gasteiger partial charge in [-0.25, -0.2) is 9.59 Å². The minimum atomic E-state index is -1.12. The second-order valence-electron chi connectivity index (χ2n) is 3.03. The molecule has 5 heteroatoms. The Bertz CT molecular complexity index is 389. The predicted molar refractivity (Wildman–Crippen MR) is 67.2 cm³/mol. The number of carboxylic acids is 1. The largest absolute Gasteiger partial charge is 0.478 e. The highest BCUT2D eigenvalue weighted by Gasteiger charge is 2.16. The number of carbonyl (C=O) groups is 2. The first-order chi connectivity index (χ1) is 7.66.